The molecule has 0 bridgehead atoms. The molecule has 2 rings (SSSR count). The number of amides is 1. The summed E-state index contributed by atoms with van der Waals surface area (Å²) in [4.78, 5) is 12.5. The summed E-state index contributed by atoms with van der Waals surface area (Å²) in [6, 6.07) is 14.6. The lowest BCUT2D eigenvalue weighted by molar-refractivity contribution is 0.0944. The van der Waals surface area contributed by atoms with Gasteiger partial charge in [0.25, 0.3) is 5.91 Å². The summed E-state index contributed by atoms with van der Waals surface area (Å²) in [5.41, 5.74) is 1.99. The van der Waals surface area contributed by atoms with Crippen LogP contribution in [0.4, 0.5) is 11.4 Å². The van der Waals surface area contributed by atoms with Gasteiger partial charge < -0.3 is 15.4 Å². The van der Waals surface area contributed by atoms with Crippen molar-refractivity contribution in [2.45, 2.75) is 13.0 Å². The molecule has 2 N–H and O–H groups in total. The maximum atomic E-state index is 12.5. The first-order valence-electron chi connectivity index (χ1n) is 7.61. The molecule has 0 aliphatic rings. The monoisotopic (exact) mass is 346 g/mol. The molecule has 0 aromatic heterocycles. The highest BCUT2D eigenvalue weighted by atomic mass is 32.2. The minimum atomic E-state index is -0.957. The number of benzene rings is 2. The van der Waals surface area contributed by atoms with Crippen molar-refractivity contribution in [3.63, 3.8) is 0 Å². The van der Waals surface area contributed by atoms with Gasteiger partial charge in [0.1, 0.15) is 5.75 Å². The Bertz CT molecular complexity index is 734. The van der Waals surface area contributed by atoms with Crippen molar-refractivity contribution in [2.24, 2.45) is 0 Å². The van der Waals surface area contributed by atoms with Crippen molar-refractivity contribution in [2.75, 3.05) is 24.4 Å². The smallest absolute Gasteiger partial charge is 0.253 e. The van der Waals surface area contributed by atoms with Gasteiger partial charge in [-0.15, -0.1) is 0 Å². The Morgan fingerprint density at radius 3 is 2.42 bits per heavy atom. The maximum absolute atomic E-state index is 12.5. The third-order valence-corrected chi connectivity index (χ3v) is 4.38. The van der Waals surface area contributed by atoms with Crippen LogP contribution in [0.1, 0.15) is 17.3 Å². The van der Waals surface area contributed by atoms with Gasteiger partial charge in [-0.2, -0.15) is 0 Å². The lowest BCUT2D eigenvalue weighted by Gasteiger charge is -2.16. The standard InChI is InChI=1S/C18H22N2O3S/c1-13(12-24(3)22)19-18(21)14-8-4-5-9-15(14)20-16-10-6-7-11-17(16)23-2/h4-11,13,20H,12H2,1-3H3,(H,19,21)/t13-,24+/m0/s1. The van der Waals surface area contributed by atoms with E-state index >= 15 is 0 Å². The molecule has 2 atom stereocenters. The van der Waals surface area contributed by atoms with Crippen LogP contribution in [0.15, 0.2) is 48.5 Å². The van der Waals surface area contributed by atoms with Crippen molar-refractivity contribution >= 4 is 28.1 Å². The summed E-state index contributed by atoms with van der Waals surface area (Å²) in [5.74, 6) is 0.918. The lowest BCUT2D eigenvalue weighted by Crippen LogP contribution is -2.36. The van der Waals surface area contributed by atoms with Crippen LogP contribution in [0.25, 0.3) is 0 Å². The Kier molecular flexibility index (Phi) is 6.37. The Balaban J connectivity index is 2.21. The van der Waals surface area contributed by atoms with Gasteiger partial charge in [-0.05, 0) is 31.2 Å². The number of para-hydroxylation sites is 3. The molecule has 0 saturated heterocycles. The fourth-order valence-corrected chi connectivity index (χ4v) is 3.17. The Morgan fingerprint density at radius 2 is 1.75 bits per heavy atom. The van der Waals surface area contributed by atoms with Crippen LogP contribution in [0.3, 0.4) is 0 Å². The van der Waals surface area contributed by atoms with Gasteiger partial charge >= 0.3 is 0 Å². The van der Waals surface area contributed by atoms with Crippen LogP contribution in [-0.4, -0.2) is 35.3 Å². The fourth-order valence-electron chi connectivity index (χ4n) is 2.38. The van der Waals surface area contributed by atoms with E-state index in [4.69, 9.17) is 4.74 Å². The normalized spacial score (nSPS) is 13.0. The summed E-state index contributed by atoms with van der Waals surface area (Å²) in [6.07, 6.45) is 1.62. The van der Waals surface area contributed by atoms with Crippen molar-refractivity contribution in [1.82, 2.24) is 5.32 Å². The number of carbonyl (C=O) groups excluding carboxylic acids is 1. The molecule has 24 heavy (non-hydrogen) atoms. The van der Waals surface area contributed by atoms with Gasteiger partial charge in [-0.25, -0.2) is 0 Å². The molecule has 0 spiro atoms. The van der Waals surface area contributed by atoms with Gasteiger partial charge in [0, 0.05) is 28.9 Å². The number of nitrogens with one attached hydrogen (secondary N) is 2. The first-order valence-corrected chi connectivity index (χ1v) is 9.34. The quantitative estimate of drug-likeness (QED) is 0.809. The largest absolute Gasteiger partial charge is 0.495 e. The minimum Gasteiger partial charge on any atom is -0.495 e. The molecule has 0 aliphatic carbocycles. The highest BCUT2D eigenvalue weighted by Gasteiger charge is 2.15. The number of hydrogen-bond donors (Lipinski definition) is 2. The molecule has 5 nitrogen and oxygen atoms in total. The van der Waals surface area contributed by atoms with E-state index in [-0.39, 0.29) is 11.9 Å². The topological polar surface area (TPSA) is 67.4 Å². The highest BCUT2D eigenvalue weighted by Crippen LogP contribution is 2.28. The molecular formula is C18H22N2O3S. The molecule has 128 valence electrons. The second-order valence-corrected chi connectivity index (χ2v) is 6.96. The van der Waals surface area contributed by atoms with Gasteiger partial charge in [-0.3, -0.25) is 9.00 Å². The SMILES string of the molecule is COc1ccccc1Nc1ccccc1C(=O)N[C@@H](C)C[S@@](C)=O. The molecule has 0 unspecified atom stereocenters. The molecule has 2 aromatic carbocycles. The van der Waals surface area contributed by atoms with E-state index in [0.29, 0.717) is 22.8 Å². The van der Waals surface area contributed by atoms with Crippen LogP contribution < -0.4 is 15.4 Å². The average Bonchev–Trinajstić information content (AvgIpc) is 2.55. The summed E-state index contributed by atoms with van der Waals surface area (Å²) in [5, 5.41) is 6.12. The molecule has 0 heterocycles. The highest BCUT2D eigenvalue weighted by molar-refractivity contribution is 7.84. The van der Waals surface area contributed by atoms with Crippen LogP contribution in [0.2, 0.25) is 0 Å². The number of anilines is 2. The molecule has 6 heteroatoms. The van der Waals surface area contributed by atoms with E-state index in [1.807, 2.05) is 49.4 Å². The number of carbonyl (C=O) groups is 1. The first-order chi connectivity index (χ1) is 11.5. The summed E-state index contributed by atoms with van der Waals surface area (Å²) in [7, 11) is 0.646. The zero-order chi connectivity index (χ0) is 17.5. The Labute approximate surface area is 144 Å². The minimum absolute atomic E-state index is 0.164. The summed E-state index contributed by atoms with van der Waals surface area (Å²) >= 11 is 0. The fraction of sp³-hybridized carbons (Fsp3) is 0.278. The van der Waals surface area contributed by atoms with Crippen molar-refractivity contribution in [3.8, 4) is 5.75 Å². The first kappa shape index (κ1) is 18.0. The molecule has 0 saturated carbocycles. The Hall–Kier alpha value is -2.34. The second kappa shape index (κ2) is 8.49. The van der Waals surface area contributed by atoms with Gasteiger partial charge in [0.15, 0.2) is 0 Å². The summed E-state index contributed by atoms with van der Waals surface area (Å²) in [6.45, 7) is 1.84. The third kappa shape index (κ3) is 4.83. The van der Waals surface area contributed by atoms with Gasteiger partial charge in [0.05, 0.1) is 24.0 Å². The van der Waals surface area contributed by atoms with E-state index in [2.05, 4.69) is 10.6 Å². The Morgan fingerprint density at radius 1 is 1.12 bits per heavy atom. The number of hydrogen-bond acceptors (Lipinski definition) is 4. The average molecular weight is 346 g/mol. The van der Waals surface area contributed by atoms with Crippen LogP contribution in [-0.2, 0) is 10.8 Å². The molecule has 2 aromatic rings. The van der Waals surface area contributed by atoms with Crippen molar-refractivity contribution < 1.29 is 13.7 Å². The zero-order valence-corrected chi connectivity index (χ0v) is 14.9. The molecule has 0 radical (unpaired) electrons. The predicted molar refractivity (Wildman–Crippen MR) is 98.6 cm³/mol. The molecule has 1 amide bonds. The zero-order valence-electron chi connectivity index (χ0n) is 14.0. The number of ether oxygens (including phenoxy) is 1. The number of rotatable bonds is 7. The predicted octanol–water partition coefficient (Wildman–Crippen LogP) is 2.94. The molecule has 0 aliphatic heterocycles. The van der Waals surface area contributed by atoms with Gasteiger partial charge in [-0.1, -0.05) is 24.3 Å². The van der Waals surface area contributed by atoms with Gasteiger partial charge in [0.2, 0.25) is 0 Å². The molecular weight excluding hydrogens is 324 g/mol. The lowest BCUT2D eigenvalue weighted by atomic mass is 10.1. The second-order valence-electron chi connectivity index (χ2n) is 5.49. The van der Waals surface area contributed by atoms with Crippen LogP contribution in [0, 0.1) is 0 Å². The van der Waals surface area contributed by atoms with E-state index in [0.717, 1.165) is 5.69 Å². The maximum Gasteiger partial charge on any atom is 0.253 e. The van der Waals surface area contributed by atoms with E-state index < -0.39 is 10.8 Å². The third-order valence-electron chi connectivity index (χ3n) is 3.41. The van der Waals surface area contributed by atoms with Crippen LogP contribution >= 0.6 is 0 Å². The van der Waals surface area contributed by atoms with E-state index in [9.17, 15) is 9.00 Å². The van der Waals surface area contributed by atoms with Crippen molar-refractivity contribution in [1.29, 1.82) is 0 Å². The van der Waals surface area contributed by atoms with Crippen molar-refractivity contribution in [3.05, 3.63) is 54.1 Å². The molecule has 0 fully saturated rings. The van der Waals surface area contributed by atoms with Crippen LogP contribution in [0.5, 0.6) is 5.75 Å². The van der Waals surface area contributed by atoms with E-state index in [1.54, 1.807) is 19.4 Å². The summed E-state index contributed by atoms with van der Waals surface area (Å²) < 4.78 is 16.6. The number of methoxy groups -OCH3 is 1. The van der Waals surface area contributed by atoms with E-state index in [1.165, 1.54) is 0 Å².